The van der Waals surface area contributed by atoms with Gasteiger partial charge in [-0.25, -0.2) is 0 Å². The van der Waals surface area contributed by atoms with Crippen LogP contribution < -0.4 is 0 Å². The van der Waals surface area contributed by atoms with E-state index in [2.05, 4.69) is 19.9 Å². The van der Waals surface area contributed by atoms with Crippen molar-refractivity contribution in [1.82, 2.24) is 0 Å². The predicted octanol–water partition coefficient (Wildman–Crippen LogP) is 2.99. The molecule has 1 nitrogen and oxygen atoms in total. The molecule has 12 heavy (non-hydrogen) atoms. The van der Waals surface area contributed by atoms with Crippen LogP contribution in [0.1, 0.15) is 27.7 Å². The van der Waals surface area contributed by atoms with Gasteiger partial charge in [0.25, 0.3) is 0 Å². The van der Waals surface area contributed by atoms with Crippen molar-refractivity contribution in [1.29, 1.82) is 0 Å². The van der Waals surface area contributed by atoms with Crippen molar-refractivity contribution < 1.29 is 4.79 Å². The first-order chi connectivity index (χ1) is 5.37. The van der Waals surface area contributed by atoms with Gasteiger partial charge >= 0.3 is 0 Å². The van der Waals surface area contributed by atoms with Crippen molar-refractivity contribution in [2.45, 2.75) is 27.7 Å². The van der Waals surface area contributed by atoms with E-state index >= 15 is 0 Å². The largest absolute Gasteiger partial charge is 0.281 e. The molecule has 1 fully saturated rings. The molecule has 0 aromatic heterocycles. The molecule has 0 amide bonds. The molecule has 0 aromatic carbocycles. The molecule has 68 valence electrons. The molecule has 0 spiro atoms. The predicted molar refractivity (Wildman–Crippen MR) is 51.1 cm³/mol. The molecule has 1 rings (SSSR count). The number of hydrogen-bond acceptors (Lipinski definition) is 1. The summed E-state index contributed by atoms with van der Waals surface area (Å²) in [4.78, 5) is 10.9. The third-order valence-electron chi connectivity index (χ3n) is 2.67. The summed E-state index contributed by atoms with van der Waals surface area (Å²) >= 11 is 5.47. The maximum Gasteiger partial charge on any atom is 0.225 e. The van der Waals surface area contributed by atoms with Crippen LogP contribution in [-0.4, -0.2) is 5.24 Å². The maximum atomic E-state index is 10.9. The molecular weight excluding hydrogens is 172 g/mol. The van der Waals surface area contributed by atoms with Crippen LogP contribution in [0.25, 0.3) is 0 Å². The molecule has 1 aliphatic rings. The zero-order valence-corrected chi connectivity index (χ0v) is 8.77. The van der Waals surface area contributed by atoms with Crippen molar-refractivity contribution in [3.8, 4) is 0 Å². The number of hydrogen-bond donors (Lipinski definition) is 0. The Labute approximate surface area is 78.8 Å². The van der Waals surface area contributed by atoms with Crippen LogP contribution in [0.4, 0.5) is 0 Å². The minimum atomic E-state index is -0.192. The van der Waals surface area contributed by atoms with Crippen LogP contribution in [0, 0.1) is 17.3 Å². The normalized spacial score (nSPS) is 31.1. The van der Waals surface area contributed by atoms with Gasteiger partial charge in [-0.1, -0.05) is 25.5 Å². The highest BCUT2D eigenvalue weighted by atomic mass is 35.5. The Kier molecular flexibility index (Phi) is 2.35. The molecule has 1 unspecified atom stereocenters. The molecule has 2 atom stereocenters. The third kappa shape index (κ3) is 1.56. The van der Waals surface area contributed by atoms with E-state index in [4.69, 9.17) is 11.6 Å². The topological polar surface area (TPSA) is 17.1 Å². The van der Waals surface area contributed by atoms with Gasteiger partial charge in [0.2, 0.25) is 5.24 Å². The van der Waals surface area contributed by atoms with E-state index < -0.39 is 0 Å². The van der Waals surface area contributed by atoms with Crippen molar-refractivity contribution >= 4 is 16.8 Å². The highest BCUT2D eigenvalue weighted by molar-refractivity contribution is 6.64. The summed E-state index contributed by atoms with van der Waals surface area (Å²) in [6.07, 6.45) is 2.14. The van der Waals surface area contributed by atoms with Crippen LogP contribution in [-0.2, 0) is 4.79 Å². The first-order valence-electron chi connectivity index (χ1n) is 4.21. The highest BCUT2D eigenvalue weighted by Gasteiger charge is 2.59. The maximum absolute atomic E-state index is 10.9. The van der Waals surface area contributed by atoms with Gasteiger partial charge in [-0.2, -0.15) is 0 Å². The van der Waals surface area contributed by atoms with Crippen LogP contribution in [0.15, 0.2) is 11.6 Å². The fraction of sp³-hybridized carbons (Fsp3) is 0.700. The lowest BCUT2D eigenvalue weighted by molar-refractivity contribution is -0.113. The monoisotopic (exact) mass is 186 g/mol. The molecule has 1 aliphatic carbocycles. The summed E-state index contributed by atoms with van der Waals surface area (Å²) in [6, 6.07) is 0. The number of carbonyl (C=O) groups is 1. The Morgan fingerprint density at radius 1 is 1.42 bits per heavy atom. The Bertz CT molecular complexity index is 236. The second-order valence-electron chi connectivity index (χ2n) is 4.37. The molecule has 0 bridgehead atoms. The molecule has 0 aliphatic heterocycles. The van der Waals surface area contributed by atoms with Crippen LogP contribution in [0.5, 0.6) is 0 Å². The number of halogens is 1. The van der Waals surface area contributed by atoms with Gasteiger partial charge in [-0.3, -0.25) is 4.79 Å². The summed E-state index contributed by atoms with van der Waals surface area (Å²) in [5.41, 5.74) is 1.34. The standard InChI is InChI=1S/C10H15ClO/c1-6(2)5-7-8(9(11)12)10(7,3)4/h5,7-8H,1-4H3/t7-,8?/m1/s1. The zero-order chi connectivity index (χ0) is 9.52. The van der Waals surface area contributed by atoms with E-state index in [-0.39, 0.29) is 16.6 Å². The molecule has 1 saturated carbocycles. The molecule has 0 heterocycles. The highest BCUT2D eigenvalue weighted by Crippen LogP contribution is 2.60. The summed E-state index contributed by atoms with van der Waals surface area (Å²) in [6.45, 7) is 8.26. The Morgan fingerprint density at radius 3 is 2.17 bits per heavy atom. The van der Waals surface area contributed by atoms with Crippen molar-refractivity contribution in [3.63, 3.8) is 0 Å². The smallest absolute Gasteiger partial charge is 0.225 e. The third-order valence-corrected chi connectivity index (χ3v) is 2.90. The number of rotatable bonds is 2. The Hall–Kier alpha value is -0.300. The Morgan fingerprint density at radius 2 is 1.92 bits per heavy atom. The molecule has 0 aromatic rings. The van der Waals surface area contributed by atoms with Gasteiger partial charge in [-0.05, 0) is 36.8 Å². The van der Waals surface area contributed by atoms with Crippen molar-refractivity contribution in [3.05, 3.63) is 11.6 Å². The van der Waals surface area contributed by atoms with E-state index in [1.165, 1.54) is 5.57 Å². The summed E-state index contributed by atoms with van der Waals surface area (Å²) in [5.74, 6) is 0.390. The lowest BCUT2D eigenvalue weighted by Crippen LogP contribution is -1.96. The lowest BCUT2D eigenvalue weighted by atomic mass is 10.1. The Balaban J connectivity index is 2.73. The van der Waals surface area contributed by atoms with Crippen LogP contribution >= 0.6 is 11.6 Å². The first-order valence-corrected chi connectivity index (χ1v) is 4.59. The molecule has 2 heteroatoms. The van der Waals surface area contributed by atoms with E-state index in [1.807, 2.05) is 13.8 Å². The minimum Gasteiger partial charge on any atom is -0.281 e. The molecule has 0 radical (unpaired) electrons. The minimum absolute atomic E-state index is 0.0362. The lowest BCUT2D eigenvalue weighted by Gasteiger charge is -1.96. The number of carbonyl (C=O) groups excluding carboxylic acids is 1. The second kappa shape index (κ2) is 2.88. The first kappa shape index (κ1) is 9.79. The average Bonchev–Trinajstić information content (AvgIpc) is 2.32. The molecule has 0 saturated heterocycles. The summed E-state index contributed by atoms with van der Waals surface area (Å²) < 4.78 is 0. The summed E-state index contributed by atoms with van der Waals surface area (Å²) in [5, 5.41) is -0.192. The zero-order valence-electron chi connectivity index (χ0n) is 8.02. The van der Waals surface area contributed by atoms with E-state index in [0.29, 0.717) is 5.92 Å². The molecular formula is C10H15ClO. The fourth-order valence-electron chi connectivity index (χ4n) is 1.78. The van der Waals surface area contributed by atoms with Crippen molar-refractivity contribution in [2.24, 2.45) is 17.3 Å². The van der Waals surface area contributed by atoms with Crippen LogP contribution in [0.3, 0.4) is 0 Å². The van der Waals surface area contributed by atoms with Gasteiger partial charge in [0.15, 0.2) is 0 Å². The van der Waals surface area contributed by atoms with Crippen LogP contribution in [0.2, 0.25) is 0 Å². The van der Waals surface area contributed by atoms with Gasteiger partial charge < -0.3 is 0 Å². The van der Waals surface area contributed by atoms with Gasteiger partial charge in [0, 0.05) is 5.92 Å². The SMILES string of the molecule is CC(C)=C[C@@H]1C(C(=O)Cl)C1(C)C. The second-order valence-corrected chi connectivity index (χ2v) is 4.75. The summed E-state index contributed by atoms with van der Waals surface area (Å²) in [7, 11) is 0. The van der Waals surface area contributed by atoms with E-state index in [1.54, 1.807) is 0 Å². The quantitative estimate of drug-likeness (QED) is 0.479. The van der Waals surface area contributed by atoms with Gasteiger partial charge in [0.05, 0.1) is 0 Å². The average molecular weight is 187 g/mol. The fourth-order valence-corrected chi connectivity index (χ4v) is 2.20. The van der Waals surface area contributed by atoms with E-state index in [0.717, 1.165) is 0 Å². The van der Waals surface area contributed by atoms with Crippen molar-refractivity contribution in [2.75, 3.05) is 0 Å². The van der Waals surface area contributed by atoms with E-state index in [9.17, 15) is 4.79 Å². The van der Waals surface area contributed by atoms with Gasteiger partial charge in [0.1, 0.15) is 0 Å². The number of allylic oxidation sites excluding steroid dienone is 2. The van der Waals surface area contributed by atoms with Gasteiger partial charge in [-0.15, -0.1) is 0 Å². The molecule has 0 N–H and O–H groups in total.